The monoisotopic (exact) mass is 258 g/mol. The van der Waals surface area contributed by atoms with Gasteiger partial charge in [0.05, 0.1) is 5.57 Å². The van der Waals surface area contributed by atoms with E-state index in [1.807, 2.05) is 18.2 Å². The molecule has 18 heavy (non-hydrogen) atoms. The minimum atomic E-state index is -0.948. The molecular weight excluding hydrogens is 248 g/mol. The first kappa shape index (κ1) is 12.4. The summed E-state index contributed by atoms with van der Waals surface area (Å²) in [5, 5.41) is 9.88. The van der Waals surface area contributed by atoms with Gasteiger partial charge in [-0.25, -0.2) is 4.79 Å². The Morgan fingerprint density at radius 1 is 1.00 bits per heavy atom. The zero-order valence-corrected chi connectivity index (χ0v) is 10.3. The summed E-state index contributed by atoms with van der Waals surface area (Å²) in [7, 11) is 0. The summed E-state index contributed by atoms with van der Waals surface area (Å²) >= 11 is 5.79. The lowest BCUT2D eigenvalue weighted by atomic mass is 10.0. The van der Waals surface area contributed by atoms with Crippen molar-refractivity contribution >= 4 is 29.2 Å². The molecule has 2 aromatic carbocycles. The zero-order chi connectivity index (χ0) is 13.0. The fourth-order valence-corrected chi connectivity index (χ4v) is 1.74. The molecule has 0 unspecified atom stereocenters. The summed E-state index contributed by atoms with van der Waals surface area (Å²) in [6.07, 6.45) is 1.63. The Balaban J connectivity index is 2.43. The second-order valence-corrected chi connectivity index (χ2v) is 4.22. The number of benzene rings is 2. The van der Waals surface area contributed by atoms with Crippen LogP contribution >= 0.6 is 11.6 Å². The molecule has 0 aliphatic heterocycles. The van der Waals surface area contributed by atoms with E-state index in [0.717, 1.165) is 5.56 Å². The molecule has 1 N–H and O–H groups in total. The summed E-state index contributed by atoms with van der Waals surface area (Å²) in [5.41, 5.74) is 1.75. The van der Waals surface area contributed by atoms with Crippen molar-refractivity contribution in [2.75, 3.05) is 0 Å². The SMILES string of the molecule is O=C(O)/C(=C/c1ccc(Cl)cc1)c1ccccc1. The third kappa shape index (κ3) is 2.99. The van der Waals surface area contributed by atoms with Gasteiger partial charge in [0.15, 0.2) is 0 Å². The Labute approximate surface area is 110 Å². The van der Waals surface area contributed by atoms with Crippen LogP contribution < -0.4 is 0 Å². The average molecular weight is 259 g/mol. The third-order valence-corrected chi connectivity index (χ3v) is 2.75. The summed E-state index contributed by atoms with van der Waals surface area (Å²) < 4.78 is 0. The molecule has 0 aromatic heterocycles. The molecule has 0 spiro atoms. The minimum absolute atomic E-state index is 0.262. The van der Waals surface area contributed by atoms with E-state index in [1.165, 1.54) is 0 Å². The van der Waals surface area contributed by atoms with E-state index in [9.17, 15) is 9.90 Å². The van der Waals surface area contributed by atoms with Crippen LogP contribution in [0, 0.1) is 0 Å². The number of aliphatic carboxylic acids is 1. The molecule has 2 nitrogen and oxygen atoms in total. The number of carboxylic acids is 1. The van der Waals surface area contributed by atoms with E-state index in [0.29, 0.717) is 10.6 Å². The number of rotatable bonds is 3. The summed E-state index contributed by atoms with van der Waals surface area (Å²) in [4.78, 5) is 11.3. The maximum absolute atomic E-state index is 11.3. The van der Waals surface area contributed by atoms with Crippen LogP contribution in [0.2, 0.25) is 5.02 Å². The van der Waals surface area contributed by atoms with E-state index in [4.69, 9.17) is 11.6 Å². The van der Waals surface area contributed by atoms with Gasteiger partial charge in [-0.3, -0.25) is 0 Å². The van der Waals surface area contributed by atoms with Gasteiger partial charge in [0, 0.05) is 5.02 Å². The normalized spacial score (nSPS) is 11.3. The average Bonchev–Trinajstić information content (AvgIpc) is 2.38. The molecule has 2 aromatic rings. The number of carboxylic acid groups (broad SMARTS) is 1. The van der Waals surface area contributed by atoms with Gasteiger partial charge >= 0.3 is 5.97 Å². The quantitative estimate of drug-likeness (QED) is 0.668. The molecule has 0 aliphatic rings. The van der Waals surface area contributed by atoms with Crippen molar-refractivity contribution < 1.29 is 9.90 Å². The van der Waals surface area contributed by atoms with E-state index < -0.39 is 5.97 Å². The van der Waals surface area contributed by atoms with Crippen molar-refractivity contribution in [1.82, 2.24) is 0 Å². The van der Waals surface area contributed by atoms with Crippen molar-refractivity contribution in [2.45, 2.75) is 0 Å². The van der Waals surface area contributed by atoms with Crippen LogP contribution in [0.3, 0.4) is 0 Å². The van der Waals surface area contributed by atoms with Gasteiger partial charge in [-0.05, 0) is 29.3 Å². The molecule has 0 bridgehead atoms. The Morgan fingerprint density at radius 3 is 2.17 bits per heavy atom. The fourth-order valence-electron chi connectivity index (χ4n) is 1.61. The Kier molecular flexibility index (Phi) is 3.80. The second kappa shape index (κ2) is 5.52. The maximum Gasteiger partial charge on any atom is 0.336 e. The lowest BCUT2D eigenvalue weighted by Crippen LogP contribution is -1.99. The number of hydrogen-bond acceptors (Lipinski definition) is 1. The lowest BCUT2D eigenvalue weighted by Gasteiger charge is -2.03. The molecule has 2 rings (SSSR count). The summed E-state index contributed by atoms with van der Waals surface area (Å²) in [6.45, 7) is 0. The van der Waals surface area contributed by atoms with Crippen LogP contribution in [-0.4, -0.2) is 11.1 Å². The molecule has 0 saturated carbocycles. The van der Waals surface area contributed by atoms with E-state index in [2.05, 4.69) is 0 Å². The number of halogens is 1. The van der Waals surface area contributed by atoms with Gasteiger partial charge in [0.1, 0.15) is 0 Å². The van der Waals surface area contributed by atoms with Crippen LogP contribution in [0.25, 0.3) is 11.6 Å². The number of carbonyl (C=O) groups is 1. The minimum Gasteiger partial charge on any atom is -0.478 e. The van der Waals surface area contributed by atoms with Crippen LogP contribution in [-0.2, 0) is 4.79 Å². The van der Waals surface area contributed by atoms with Gasteiger partial charge in [-0.2, -0.15) is 0 Å². The third-order valence-electron chi connectivity index (χ3n) is 2.50. The first-order valence-corrected chi connectivity index (χ1v) is 5.80. The van der Waals surface area contributed by atoms with E-state index in [-0.39, 0.29) is 5.57 Å². The fraction of sp³-hybridized carbons (Fsp3) is 0. The van der Waals surface area contributed by atoms with Crippen molar-refractivity contribution in [3.8, 4) is 0 Å². The highest BCUT2D eigenvalue weighted by Gasteiger charge is 2.09. The zero-order valence-electron chi connectivity index (χ0n) is 9.51. The highest BCUT2D eigenvalue weighted by Crippen LogP contribution is 2.19. The molecule has 0 fully saturated rings. The highest BCUT2D eigenvalue weighted by atomic mass is 35.5. The van der Waals surface area contributed by atoms with E-state index in [1.54, 1.807) is 42.5 Å². The van der Waals surface area contributed by atoms with E-state index >= 15 is 0 Å². The maximum atomic E-state index is 11.3. The van der Waals surface area contributed by atoms with Crippen molar-refractivity contribution in [1.29, 1.82) is 0 Å². The molecule has 90 valence electrons. The van der Waals surface area contributed by atoms with Gasteiger partial charge in [-0.1, -0.05) is 54.1 Å². The Hall–Kier alpha value is -2.06. The molecular formula is C15H11ClO2. The van der Waals surface area contributed by atoms with Crippen molar-refractivity contribution in [3.63, 3.8) is 0 Å². The standard InChI is InChI=1S/C15H11ClO2/c16-13-8-6-11(7-9-13)10-14(15(17)18)12-4-2-1-3-5-12/h1-10H,(H,17,18)/b14-10+. The molecule has 3 heteroatoms. The van der Waals surface area contributed by atoms with Crippen LogP contribution in [0.1, 0.15) is 11.1 Å². The van der Waals surface area contributed by atoms with Gasteiger partial charge in [0.2, 0.25) is 0 Å². The summed E-state index contributed by atoms with van der Waals surface area (Å²) in [6, 6.07) is 16.1. The van der Waals surface area contributed by atoms with Crippen LogP contribution in [0.5, 0.6) is 0 Å². The lowest BCUT2D eigenvalue weighted by molar-refractivity contribution is -0.130. The second-order valence-electron chi connectivity index (χ2n) is 3.78. The van der Waals surface area contributed by atoms with Crippen molar-refractivity contribution in [3.05, 3.63) is 70.7 Å². The first-order valence-electron chi connectivity index (χ1n) is 5.43. The molecule has 0 atom stereocenters. The Morgan fingerprint density at radius 2 is 1.61 bits per heavy atom. The predicted molar refractivity (Wildman–Crippen MR) is 73.4 cm³/mol. The van der Waals surface area contributed by atoms with Crippen LogP contribution in [0.15, 0.2) is 54.6 Å². The van der Waals surface area contributed by atoms with Gasteiger partial charge in [-0.15, -0.1) is 0 Å². The van der Waals surface area contributed by atoms with Crippen LogP contribution in [0.4, 0.5) is 0 Å². The Bertz CT molecular complexity index is 571. The number of hydrogen-bond donors (Lipinski definition) is 1. The molecule has 0 heterocycles. The van der Waals surface area contributed by atoms with Gasteiger partial charge < -0.3 is 5.11 Å². The molecule has 0 amide bonds. The largest absolute Gasteiger partial charge is 0.478 e. The first-order chi connectivity index (χ1) is 8.66. The topological polar surface area (TPSA) is 37.3 Å². The molecule has 0 saturated heterocycles. The smallest absolute Gasteiger partial charge is 0.336 e. The highest BCUT2D eigenvalue weighted by molar-refractivity contribution is 6.30. The predicted octanol–water partition coefficient (Wildman–Crippen LogP) is 3.97. The molecule has 0 radical (unpaired) electrons. The molecule has 0 aliphatic carbocycles. The van der Waals surface area contributed by atoms with Gasteiger partial charge in [0.25, 0.3) is 0 Å². The summed E-state index contributed by atoms with van der Waals surface area (Å²) in [5.74, 6) is -0.948. The van der Waals surface area contributed by atoms with Crippen molar-refractivity contribution in [2.24, 2.45) is 0 Å².